The second-order valence-electron chi connectivity index (χ2n) is 4.33. The van der Waals surface area contributed by atoms with Crippen LogP contribution in [-0.4, -0.2) is 21.7 Å². The summed E-state index contributed by atoms with van der Waals surface area (Å²) in [6.07, 6.45) is 0. The maximum Gasteiger partial charge on any atom is 0.320 e. The van der Waals surface area contributed by atoms with Crippen LogP contribution in [0.1, 0.15) is 6.92 Å². The lowest BCUT2D eigenvalue weighted by Crippen LogP contribution is -2.00. The predicted octanol–water partition coefficient (Wildman–Crippen LogP) is 3.53. The fraction of sp³-hybridized carbons (Fsp3) is 0.125. The van der Waals surface area contributed by atoms with Crippen molar-refractivity contribution < 1.29 is 14.6 Å². The maximum absolute atomic E-state index is 9.82. The zero-order chi connectivity index (χ0) is 14.7. The molecule has 0 saturated carbocycles. The summed E-state index contributed by atoms with van der Waals surface area (Å²) in [7, 11) is 0. The van der Waals surface area contributed by atoms with Crippen molar-refractivity contribution in [3.05, 3.63) is 48.5 Å². The van der Waals surface area contributed by atoms with Gasteiger partial charge in [-0.25, -0.2) is 0 Å². The number of fused-ring (bicyclic) bond motifs is 1. The van der Waals surface area contributed by atoms with Gasteiger partial charge >= 0.3 is 6.01 Å². The zero-order valence-electron chi connectivity index (χ0n) is 11.5. The molecular weight excluding hydrogens is 268 g/mol. The van der Waals surface area contributed by atoms with Crippen molar-refractivity contribution in [3.8, 4) is 23.4 Å². The van der Waals surface area contributed by atoms with Crippen molar-refractivity contribution in [2.75, 3.05) is 6.61 Å². The Morgan fingerprint density at radius 2 is 1.76 bits per heavy atom. The van der Waals surface area contributed by atoms with Gasteiger partial charge in [-0.3, -0.25) is 0 Å². The molecule has 0 amide bonds. The van der Waals surface area contributed by atoms with Gasteiger partial charge in [-0.15, -0.1) is 0 Å². The van der Waals surface area contributed by atoms with E-state index in [9.17, 15) is 5.11 Å². The molecule has 0 radical (unpaired) electrons. The van der Waals surface area contributed by atoms with E-state index in [2.05, 4.69) is 9.97 Å². The molecule has 5 nitrogen and oxygen atoms in total. The van der Waals surface area contributed by atoms with E-state index < -0.39 is 0 Å². The first-order chi connectivity index (χ1) is 10.3. The Morgan fingerprint density at radius 3 is 2.57 bits per heavy atom. The number of rotatable bonds is 4. The largest absolute Gasteiger partial charge is 0.504 e. The Morgan fingerprint density at radius 1 is 1.00 bits per heavy atom. The van der Waals surface area contributed by atoms with Gasteiger partial charge in [-0.05, 0) is 31.2 Å². The molecule has 0 aliphatic heterocycles. The summed E-state index contributed by atoms with van der Waals surface area (Å²) in [5.41, 5.74) is 0.723. The molecular formula is C16H14N2O3. The van der Waals surface area contributed by atoms with E-state index in [1.54, 1.807) is 24.3 Å². The SMILES string of the molecule is CCOc1nc(Oc2ccccc2O)c2ccccc2n1. The molecule has 0 spiro atoms. The summed E-state index contributed by atoms with van der Waals surface area (Å²) in [4.78, 5) is 8.57. The number of phenols is 1. The number of aromatic hydroxyl groups is 1. The van der Waals surface area contributed by atoms with E-state index in [0.29, 0.717) is 18.2 Å². The van der Waals surface area contributed by atoms with Crippen LogP contribution in [-0.2, 0) is 0 Å². The fourth-order valence-corrected chi connectivity index (χ4v) is 1.95. The molecule has 2 aromatic carbocycles. The molecule has 106 valence electrons. The van der Waals surface area contributed by atoms with Crippen molar-refractivity contribution in [3.63, 3.8) is 0 Å². The van der Waals surface area contributed by atoms with E-state index in [4.69, 9.17) is 9.47 Å². The molecule has 0 bridgehead atoms. The van der Waals surface area contributed by atoms with Crippen LogP contribution < -0.4 is 9.47 Å². The van der Waals surface area contributed by atoms with Gasteiger partial charge < -0.3 is 14.6 Å². The van der Waals surface area contributed by atoms with Crippen molar-refractivity contribution in [2.24, 2.45) is 0 Å². The third kappa shape index (κ3) is 2.72. The van der Waals surface area contributed by atoms with Crippen LogP contribution in [0.2, 0.25) is 0 Å². The average molecular weight is 282 g/mol. The molecule has 1 aromatic heterocycles. The van der Waals surface area contributed by atoms with Gasteiger partial charge in [-0.1, -0.05) is 24.3 Å². The second-order valence-corrected chi connectivity index (χ2v) is 4.33. The van der Waals surface area contributed by atoms with Crippen molar-refractivity contribution in [1.29, 1.82) is 0 Å². The molecule has 0 unspecified atom stereocenters. The number of para-hydroxylation sites is 3. The minimum absolute atomic E-state index is 0.0538. The highest BCUT2D eigenvalue weighted by molar-refractivity contribution is 5.84. The molecule has 0 fully saturated rings. The van der Waals surface area contributed by atoms with E-state index in [1.165, 1.54) is 0 Å². The van der Waals surface area contributed by atoms with Gasteiger partial charge in [0.2, 0.25) is 5.88 Å². The zero-order valence-corrected chi connectivity index (χ0v) is 11.5. The van der Waals surface area contributed by atoms with Crippen molar-refractivity contribution in [1.82, 2.24) is 9.97 Å². The summed E-state index contributed by atoms with van der Waals surface area (Å²) >= 11 is 0. The summed E-state index contributed by atoms with van der Waals surface area (Å²) in [6.45, 7) is 2.33. The van der Waals surface area contributed by atoms with Gasteiger partial charge in [0.25, 0.3) is 0 Å². The van der Waals surface area contributed by atoms with E-state index >= 15 is 0 Å². The fourth-order valence-electron chi connectivity index (χ4n) is 1.95. The molecule has 0 atom stereocenters. The number of benzene rings is 2. The Kier molecular flexibility index (Phi) is 3.55. The molecule has 0 aliphatic carbocycles. The van der Waals surface area contributed by atoms with Gasteiger partial charge in [0.05, 0.1) is 17.5 Å². The van der Waals surface area contributed by atoms with Crippen molar-refractivity contribution >= 4 is 10.9 Å². The summed E-state index contributed by atoms with van der Waals surface area (Å²) < 4.78 is 11.1. The van der Waals surface area contributed by atoms with Crippen molar-refractivity contribution in [2.45, 2.75) is 6.92 Å². The Balaban J connectivity index is 2.09. The van der Waals surface area contributed by atoms with Gasteiger partial charge in [0.15, 0.2) is 11.5 Å². The summed E-state index contributed by atoms with van der Waals surface area (Å²) in [5, 5.41) is 10.6. The van der Waals surface area contributed by atoms with E-state index in [-0.39, 0.29) is 11.8 Å². The highest BCUT2D eigenvalue weighted by atomic mass is 16.5. The van der Waals surface area contributed by atoms with E-state index in [0.717, 1.165) is 10.9 Å². The van der Waals surface area contributed by atoms with Crippen LogP contribution in [0.3, 0.4) is 0 Å². The molecule has 3 aromatic rings. The monoisotopic (exact) mass is 282 g/mol. The Bertz CT molecular complexity index is 774. The normalized spacial score (nSPS) is 10.5. The molecule has 3 rings (SSSR count). The number of nitrogens with zero attached hydrogens (tertiary/aromatic N) is 2. The molecule has 5 heteroatoms. The summed E-state index contributed by atoms with van der Waals surface area (Å²) in [6, 6.07) is 14.5. The van der Waals surface area contributed by atoms with Crippen LogP contribution in [0.15, 0.2) is 48.5 Å². The topological polar surface area (TPSA) is 64.5 Å². The lowest BCUT2D eigenvalue weighted by atomic mass is 10.2. The molecule has 21 heavy (non-hydrogen) atoms. The van der Waals surface area contributed by atoms with Crippen LogP contribution in [0.4, 0.5) is 0 Å². The smallest absolute Gasteiger partial charge is 0.320 e. The number of ether oxygens (including phenoxy) is 2. The third-order valence-corrected chi connectivity index (χ3v) is 2.89. The van der Waals surface area contributed by atoms with Gasteiger partial charge in [0.1, 0.15) is 0 Å². The minimum Gasteiger partial charge on any atom is -0.504 e. The number of phenolic OH excluding ortho intramolecular Hbond substituents is 1. The van der Waals surface area contributed by atoms with Gasteiger partial charge in [0, 0.05) is 0 Å². The predicted molar refractivity (Wildman–Crippen MR) is 78.9 cm³/mol. The first-order valence-electron chi connectivity index (χ1n) is 6.63. The third-order valence-electron chi connectivity index (χ3n) is 2.89. The second kappa shape index (κ2) is 5.66. The Hall–Kier alpha value is -2.82. The Labute approximate surface area is 121 Å². The van der Waals surface area contributed by atoms with Crippen LogP contribution in [0.25, 0.3) is 10.9 Å². The lowest BCUT2D eigenvalue weighted by Gasteiger charge is -2.10. The number of hydrogen-bond donors (Lipinski definition) is 1. The molecule has 0 aliphatic rings. The highest BCUT2D eigenvalue weighted by Gasteiger charge is 2.11. The first-order valence-corrected chi connectivity index (χ1v) is 6.63. The quantitative estimate of drug-likeness (QED) is 0.793. The maximum atomic E-state index is 9.82. The van der Waals surface area contributed by atoms with Gasteiger partial charge in [-0.2, -0.15) is 9.97 Å². The van der Waals surface area contributed by atoms with Crippen LogP contribution in [0, 0.1) is 0 Å². The van der Waals surface area contributed by atoms with Crippen LogP contribution in [0.5, 0.6) is 23.4 Å². The lowest BCUT2D eigenvalue weighted by molar-refractivity contribution is 0.307. The number of aromatic nitrogens is 2. The summed E-state index contributed by atoms with van der Waals surface area (Å²) in [5.74, 6) is 0.743. The number of hydrogen-bond acceptors (Lipinski definition) is 5. The van der Waals surface area contributed by atoms with E-state index in [1.807, 2.05) is 31.2 Å². The molecule has 0 saturated heterocycles. The first kappa shape index (κ1) is 13.2. The molecule has 1 heterocycles. The molecule has 1 N–H and O–H groups in total. The highest BCUT2D eigenvalue weighted by Crippen LogP contribution is 2.33. The van der Waals surface area contributed by atoms with Crippen LogP contribution >= 0.6 is 0 Å². The standard InChI is InChI=1S/C16H14N2O3/c1-2-20-16-17-12-8-4-3-7-11(12)15(18-16)21-14-10-6-5-9-13(14)19/h3-10,19H,2H2,1H3. The minimum atomic E-state index is 0.0538. The average Bonchev–Trinajstić information content (AvgIpc) is 2.50.